The summed E-state index contributed by atoms with van der Waals surface area (Å²) in [6.45, 7) is 9.06. The largest absolute Gasteiger partial charge is 0.375 e. The Hall–Kier alpha value is -1.17. The fourth-order valence-electron chi connectivity index (χ4n) is 3.21. The highest BCUT2D eigenvalue weighted by Gasteiger charge is 2.35. The zero-order valence-electron chi connectivity index (χ0n) is 12.2. The summed E-state index contributed by atoms with van der Waals surface area (Å²) >= 11 is 1.51. The van der Waals surface area contributed by atoms with E-state index in [1.54, 1.807) is 0 Å². The second kappa shape index (κ2) is 6.73. The number of piperidine rings is 1. The number of hydrogen-bond acceptors (Lipinski definition) is 4. The fraction of sp³-hybridized carbons (Fsp3) is 0.562. The molecule has 114 valence electrons. The van der Waals surface area contributed by atoms with Gasteiger partial charge in [-0.2, -0.15) is 0 Å². The highest BCUT2D eigenvalue weighted by molar-refractivity contribution is 7.12. The number of rotatable bonds is 3. The molecule has 2 saturated heterocycles. The smallest absolute Gasteiger partial charge is 0.264 e. The molecule has 0 aromatic carbocycles. The number of ether oxygens (including phenoxy) is 1. The monoisotopic (exact) mass is 306 g/mol. The van der Waals surface area contributed by atoms with Crippen LogP contribution in [0.1, 0.15) is 16.1 Å². The number of hydrogen-bond donors (Lipinski definition) is 0. The molecule has 0 N–H and O–H groups in total. The maximum Gasteiger partial charge on any atom is 0.264 e. The maximum absolute atomic E-state index is 12.4. The lowest BCUT2D eigenvalue weighted by Crippen LogP contribution is -2.49. The van der Waals surface area contributed by atoms with Gasteiger partial charge in [0, 0.05) is 38.6 Å². The molecule has 1 amide bonds. The molecule has 0 radical (unpaired) electrons. The van der Waals surface area contributed by atoms with Crippen molar-refractivity contribution in [3.8, 4) is 0 Å². The van der Waals surface area contributed by atoms with Crippen LogP contribution in [0.15, 0.2) is 30.2 Å². The molecule has 4 nitrogen and oxygen atoms in total. The maximum atomic E-state index is 12.4. The van der Waals surface area contributed by atoms with Crippen molar-refractivity contribution >= 4 is 17.2 Å². The number of fused-ring (bicyclic) bond motifs is 1. The van der Waals surface area contributed by atoms with Gasteiger partial charge in [0.15, 0.2) is 0 Å². The first-order valence-electron chi connectivity index (χ1n) is 7.55. The van der Waals surface area contributed by atoms with Crippen LogP contribution >= 0.6 is 11.3 Å². The molecule has 2 fully saturated rings. The Morgan fingerprint density at radius 3 is 3.14 bits per heavy atom. The summed E-state index contributed by atoms with van der Waals surface area (Å²) in [6.07, 6.45) is 3.16. The predicted octanol–water partition coefficient (Wildman–Crippen LogP) is 2.10. The molecule has 0 spiro atoms. The first-order chi connectivity index (χ1) is 10.3. The van der Waals surface area contributed by atoms with Crippen LogP contribution in [0.25, 0.3) is 0 Å². The van der Waals surface area contributed by atoms with E-state index in [9.17, 15) is 4.79 Å². The fourth-order valence-corrected chi connectivity index (χ4v) is 3.90. The highest BCUT2D eigenvalue weighted by Crippen LogP contribution is 2.25. The summed E-state index contributed by atoms with van der Waals surface area (Å²) < 4.78 is 6.01. The summed E-state index contributed by atoms with van der Waals surface area (Å²) in [5.74, 6) is 0.680. The average molecular weight is 306 g/mol. The van der Waals surface area contributed by atoms with Crippen LogP contribution in [0.3, 0.4) is 0 Å². The Morgan fingerprint density at radius 2 is 2.38 bits per heavy atom. The van der Waals surface area contributed by atoms with Crippen LogP contribution in [-0.4, -0.2) is 61.1 Å². The van der Waals surface area contributed by atoms with Gasteiger partial charge in [-0.25, -0.2) is 0 Å². The van der Waals surface area contributed by atoms with Gasteiger partial charge in [-0.15, -0.1) is 17.9 Å². The van der Waals surface area contributed by atoms with Gasteiger partial charge in [-0.3, -0.25) is 9.69 Å². The van der Waals surface area contributed by atoms with Gasteiger partial charge < -0.3 is 9.64 Å². The van der Waals surface area contributed by atoms with E-state index < -0.39 is 0 Å². The van der Waals surface area contributed by atoms with E-state index in [0.29, 0.717) is 5.92 Å². The molecule has 2 aliphatic rings. The molecule has 2 aliphatic heterocycles. The van der Waals surface area contributed by atoms with Crippen LogP contribution in [0.4, 0.5) is 0 Å². The quantitative estimate of drug-likeness (QED) is 0.802. The van der Waals surface area contributed by atoms with E-state index in [1.807, 2.05) is 28.5 Å². The third kappa shape index (κ3) is 3.36. The van der Waals surface area contributed by atoms with Gasteiger partial charge in [-0.1, -0.05) is 12.1 Å². The van der Waals surface area contributed by atoms with Gasteiger partial charge in [0.05, 0.1) is 17.6 Å². The van der Waals surface area contributed by atoms with Gasteiger partial charge in [0.2, 0.25) is 0 Å². The third-order valence-electron chi connectivity index (χ3n) is 4.33. The lowest BCUT2D eigenvalue weighted by molar-refractivity contribution is -0.0169. The van der Waals surface area contributed by atoms with Crippen LogP contribution in [0.5, 0.6) is 0 Å². The zero-order chi connectivity index (χ0) is 14.7. The molecule has 0 saturated carbocycles. The van der Waals surface area contributed by atoms with Crippen molar-refractivity contribution in [2.45, 2.75) is 12.5 Å². The lowest BCUT2D eigenvalue weighted by Gasteiger charge is -2.37. The van der Waals surface area contributed by atoms with E-state index in [4.69, 9.17) is 4.74 Å². The summed E-state index contributed by atoms with van der Waals surface area (Å²) in [7, 11) is 0. The van der Waals surface area contributed by atoms with Gasteiger partial charge >= 0.3 is 0 Å². The predicted molar refractivity (Wildman–Crippen MR) is 84.7 cm³/mol. The van der Waals surface area contributed by atoms with Crippen LogP contribution in [0, 0.1) is 5.92 Å². The van der Waals surface area contributed by atoms with E-state index >= 15 is 0 Å². The number of thiophene rings is 1. The molecule has 0 bridgehead atoms. The molecule has 3 heterocycles. The molecule has 5 heteroatoms. The Balaban J connectivity index is 1.63. The van der Waals surface area contributed by atoms with Crippen molar-refractivity contribution in [1.29, 1.82) is 0 Å². The number of likely N-dealkylation sites (tertiary alicyclic amines) is 1. The second-order valence-electron chi connectivity index (χ2n) is 5.73. The van der Waals surface area contributed by atoms with Gasteiger partial charge in [-0.05, 0) is 17.9 Å². The van der Waals surface area contributed by atoms with E-state index in [1.165, 1.54) is 11.3 Å². The number of amides is 1. The molecule has 2 atom stereocenters. The number of nitrogens with zero attached hydrogens (tertiary/aromatic N) is 2. The van der Waals surface area contributed by atoms with Crippen LogP contribution < -0.4 is 0 Å². The van der Waals surface area contributed by atoms with Crippen molar-refractivity contribution in [3.63, 3.8) is 0 Å². The molecule has 1 aromatic heterocycles. The molecule has 1 aromatic rings. The molecular weight excluding hydrogens is 284 g/mol. The first kappa shape index (κ1) is 14.8. The minimum absolute atomic E-state index is 0.152. The molecule has 3 rings (SSSR count). The summed E-state index contributed by atoms with van der Waals surface area (Å²) in [4.78, 5) is 17.6. The SMILES string of the molecule is C=CCN1CCO[C@@H]2CN(C(=O)c3cccs3)CC[C@@H]2C1. The summed E-state index contributed by atoms with van der Waals surface area (Å²) in [6, 6.07) is 3.83. The van der Waals surface area contributed by atoms with Crippen molar-refractivity contribution < 1.29 is 9.53 Å². The van der Waals surface area contributed by atoms with Gasteiger partial charge in [0.25, 0.3) is 5.91 Å². The van der Waals surface area contributed by atoms with Crippen LogP contribution in [0.2, 0.25) is 0 Å². The molecule has 21 heavy (non-hydrogen) atoms. The first-order valence-corrected chi connectivity index (χ1v) is 8.43. The van der Waals surface area contributed by atoms with Crippen molar-refractivity contribution in [2.75, 3.05) is 39.3 Å². The normalized spacial score (nSPS) is 27.0. The standard InChI is InChI=1S/C16H22N2O2S/c1-2-6-17-8-9-20-14-12-18(7-5-13(14)11-17)16(19)15-4-3-10-21-15/h2-4,10,13-14H,1,5-9,11-12H2/t13-,14-/m1/s1. The Bertz CT molecular complexity index is 488. The van der Waals surface area contributed by atoms with E-state index in [2.05, 4.69) is 11.5 Å². The third-order valence-corrected chi connectivity index (χ3v) is 5.19. The van der Waals surface area contributed by atoms with Crippen molar-refractivity contribution in [1.82, 2.24) is 9.80 Å². The van der Waals surface area contributed by atoms with Crippen molar-refractivity contribution in [2.24, 2.45) is 5.92 Å². The number of carbonyl (C=O) groups is 1. The van der Waals surface area contributed by atoms with E-state index in [0.717, 1.165) is 50.6 Å². The Labute approximate surface area is 130 Å². The zero-order valence-corrected chi connectivity index (χ0v) is 13.1. The molecule has 0 aliphatic carbocycles. The number of carbonyl (C=O) groups excluding carboxylic acids is 1. The summed E-state index contributed by atoms with van der Waals surface area (Å²) in [5, 5.41) is 1.95. The highest BCUT2D eigenvalue weighted by atomic mass is 32.1. The Morgan fingerprint density at radius 1 is 1.48 bits per heavy atom. The molecular formula is C16H22N2O2S. The van der Waals surface area contributed by atoms with Crippen LogP contribution in [-0.2, 0) is 4.74 Å². The molecule has 0 unspecified atom stereocenters. The van der Waals surface area contributed by atoms with Gasteiger partial charge in [0.1, 0.15) is 0 Å². The minimum Gasteiger partial charge on any atom is -0.375 e. The van der Waals surface area contributed by atoms with Crippen molar-refractivity contribution in [3.05, 3.63) is 35.0 Å². The lowest BCUT2D eigenvalue weighted by atomic mass is 9.93. The van der Waals surface area contributed by atoms with E-state index in [-0.39, 0.29) is 12.0 Å². The Kier molecular flexibility index (Phi) is 4.73. The topological polar surface area (TPSA) is 32.8 Å². The average Bonchev–Trinajstić information content (AvgIpc) is 2.95. The summed E-state index contributed by atoms with van der Waals surface area (Å²) in [5.41, 5.74) is 0. The minimum atomic E-state index is 0.152. The second-order valence-corrected chi connectivity index (χ2v) is 6.68.